The van der Waals surface area contributed by atoms with Gasteiger partial charge in [-0.05, 0) is 61.6 Å². The van der Waals surface area contributed by atoms with Crippen molar-refractivity contribution in [1.82, 2.24) is 10.6 Å². The molecule has 1 aromatic heterocycles. The molecule has 2 N–H and O–H groups in total. The molecule has 1 unspecified atom stereocenters. The second-order valence-electron chi connectivity index (χ2n) is 6.09. The van der Waals surface area contributed by atoms with E-state index in [1.165, 1.54) is 6.26 Å². The molecular weight excluding hydrogens is 364 g/mol. The van der Waals surface area contributed by atoms with Crippen molar-refractivity contribution >= 4 is 23.6 Å². The highest BCUT2D eigenvalue weighted by Gasteiger charge is 2.21. The minimum absolute atomic E-state index is 0.195. The first kappa shape index (κ1) is 20.9. The first-order valence-corrected chi connectivity index (χ1v) is 10.3. The van der Waals surface area contributed by atoms with Crippen LogP contribution in [0.25, 0.3) is 0 Å². The molecule has 0 saturated heterocycles. The molecule has 0 radical (unpaired) electrons. The van der Waals surface area contributed by atoms with Crippen LogP contribution in [0, 0.1) is 6.92 Å². The maximum Gasteiger partial charge on any atom is 0.287 e. The molecule has 6 nitrogen and oxygen atoms in total. The van der Waals surface area contributed by atoms with Crippen LogP contribution in [0.2, 0.25) is 0 Å². The molecule has 2 rings (SSSR count). The molecule has 1 aromatic carbocycles. The van der Waals surface area contributed by atoms with Gasteiger partial charge in [-0.15, -0.1) is 0 Å². The number of benzene rings is 1. The van der Waals surface area contributed by atoms with Crippen molar-refractivity contribution in [2.24, 2.45) is 0 Å². The van der Waals surface area contributed by atoms with Crippen LogP contribution >= 0.6 is 11.8 Å². The fourth-order valence-electron chi connectivity index (χ4n) is 2.44. The van der Waals surface area contributed by atoms with Crippen molar-refractivity contribution in [3.8, 4) is 5.75 Å². The van der Waals surface area contributed by atoms with E-state index >= 15 is 0 Å². The highest BCUT2D eigenvalue weighted by atomic mass is 32.2. The lowest BCUT2D eigenvalue weighted by atomic mass is 10.2. The Kier molecular flexibility index (Phi) is 8.77. The smallest absolute Gasteiger partial charge is 0.287 e. The molecule has 0 bridgehead atoms. The molecule has 1 heterocycles. The quantitative estimate of drug-likeness (QED) is 0.577. The zero-order valence-corrected chi connectivity index (χ0v) is 16.5. The predicted molar refractivity (Wildman–Crippen MR) is 107 cm³/mol. The Morgan fingerprint density at radius 1 is 1.26 bits per heavy atom. The lowest BCUT2D eigenvalue weighted by Gasteiger charge is -2.17. The Morgan fingerprint density at radius 2 is 2.11 bits per heavy atom. The number of rotatable bonds is 11. The minimum atomic E-state index is -0.590. The van der Waals surface area contributed by atoms with Crippen LogP contribution in [0.1, 0.15) is 29.0 Å². The molecule has 2 aromatic rings. The standard InChI is InChI=1S/C20H26N2O4S/c1-15-6-3-7-16(14-15)25-12-5-10-21-19(23)17(9-13-27-2)22-20(24)18-8-4-11-26-18/h3-4,6-8,11,14,17H,5,9-10,12-13H2,1-2H3,(H,21,23)(H,22,24). The zero-order chi connectivity index (χ0) is 19.5. The van der Waals surface area contributed by atoms with Crippen LogP contribution < -0.4 is 15.4 Å². The summed E-state index contributed by atoms with van der Waals surface area (Å²) in [5.41, 5.74) is 1.14. The first-order valence-electron chi connectivity index (χ1n) is 8.90. The average molecular weight is 391 g/mol. The third kappa shape index (κ3) is 7.38. The number of carbonyl (C=O) groups is 2. The van der Waals surface area contributed by atoms with Gasteiger partial charge in [0.15, 0.2) is 5.76 Å². The number of hydrogen-bond donors (Lipinski definition) is 2. The monoisotopic (exact) mass is 390 g/mol. The van der Waals surface area contributed by atoms with Crippen LogP contribution in [0.3, 0.4) is 0 Å². The maximum absolute atomic E-state index is 12.4. The summed E-state index contributed by atoms with van der Waals surface area (Å²) in [7, 11) is 0. The van der Waals surface area contributed by atoms with E-state index in [0.717, 1.165) is 17.1 Å². The summed E-state index contributed by atoms with van der Waals surface area (Å²) in [6.45, 7) is 3.01. The van der Waals surface area contributed by atoms with E-state index in [9.17, 15) is 9.59 Å². The van der Waals surface area contributed by atoms with Gasteiger partial charge in [0.05, 0.1) is 12.9 Å². The number of amides is 2. The number of carbonyl (C=O) groups excluding carboxylic acids is 2. The Bertz CT molecular complexity index is 719. The van der Waals surface area contributed by atoms with Crippen LogP contribution in [0.15, 0.2) is 47.1 Å². The largest absolute Gasteiger partial charge is 0.494 e. The van der Waals surface area contributed by atoms with Crippen molar-refractivity contribution in [2.75, 3.05) is 25.2 Å². The minimum Gasteiger partial charge on any atom is -0.494 e. The van der Waals surface area contributed by atoms with Gasteiger partial charge in [-0.3, -0.25) is 9.59 Å². The van der Waals surface area contributed by atoms with Gasteiger partial charge in [0, 0.05) is 6.54 Å². The Balaban J connectivity index is 1.74. The highest BCUT2D eigenvalue weighted by molar-refractivity contribution is 7.98. The van der Waals surface area contributed by atoms with E-state index in [1.807, 2.05) is 37.4 Å². The number of thioether (sulfide) groups is 1. The fraction of sp³-hybridized carbons (Fsp3) is 0.400. The van der Waals surface area contributed by atoms with Gasteiger partial charge < -0.3 is 19.8 Å². The number of nitrogens with one attached hydrogen (secondary N) is 2. The summed E-state index contributed by atoms with van der Waals surface area (Å²) < 4.78 is 10.7. The molecule has 0 saturated carbocycles. The number of hydrogen-bond acceptors (Lipinski definition) is 5. The van der Waals surface area contributed by atoms with Gasteiger partial charge >= 0.3 is 0 Å². The molecule has 27 heavy (non-hydrogen) atoms. The van der Waals surface area contributed by atoms with Crippen LogP contribution in [-0.2, 0) is 4.79 Å². The molecule has 146 valence electrons. The van der Waals surface area contributed by atoms with E-state index in [0.29, 0.717) is 26.0 Å². The first-order chi connectivity index (χ1) is 13.1. The summed E-state index contributed by atoms with van der Waals surface area (Å²) in [5, 5.41) is 5.60. The van der Waals surface area contributed by atoms with E-state index in [4.69, 9.17) is 9.15 Å². The zero-order valence-electron chi connectivity index (χ0n) is 15.7. The van der Waals surface area contributed by atoms with E-state index in [2.05, 4.69) is 10.6 Å². The second-order valence-corrected chi connectivity index (χ2v) is 7.08. The van der Waals surface area contributed by atoms with Crippen molar-refractivity contribution in [3.05, 3.63) is 54.0 Å². The lowest BCUT2D eigenvalue weighted by Crippen LogP contribution is -2.47. The Morgan fingerprint density at radius 3 is 2.81 bits per heavy atom. The molecular formula is C20H26N2O4S. The van der Waals surface area contributed by atoms with Gasteiger partial charge in [0.2, 0.25) is 5.91 Å². The van der Waals surface area contributed by atoms with Gasteiger partial charge in [-0.2, -0.15) is 11.8 Å². The molecule has 0 aliphatic rings. The maximum atomic E-state index is 12.4. The molecule has 0 spiro atoms. The molecule has 0 aliphatic heterocycles. The van der Waals surface area contributed by atoms with Crippen LogP contribution in [0.5, 0.6) is 5.75 Å². The Labute approximate surface area is 164 Å². The summed E-state index contributed by atoms with van der Waals surface area (Å²) in [5.74, 6) is 1.21. The average Bonchev–Trinajstić information content (AvgIpc) is 3.19. The summed E-state index contributed by atoms with van der Waals surface area (Å²) in [6.07, 6.45) is 4.63. The third-order valence-electron chi connectivity index (χ3n) is 3.86. The van der Waals surface area contributed by atoms with Gasteiger partial charge in [-0.25, -0.2) is 0 Å². The fourth-order valence-corrected chi connectivity index (χ4v) is 2.92. The summed E-state index contributed by atoms with van der Waals surface area (Å²) >= 11 is 1.63. The Hall–Kier alpha value is -2.41. The van der Waals surface area contributed by atoms with E-state index in [-0.39, 0.29) is 17.6 Å². The van der Waals surface area contributed by atoms with Gasteiger partial charge in [0.1, 0.15) is 11.8 Å². The lowest BCUT2D eigenvalue weighted by molar-refractivity contribution is -0.123. The topological polar surface area (TPSA) is 80.6 Å². The summed E-state index contributed by atoms with van der Waals surface area (Å²) in [4.78, 5) is 24.6. The molecule has 0 aliphatic carbocycles. The number of aryl methyl sites for hydroxylation is 1. The van der Waals surface area contributed by atoms with Crippen molar-refractivity contribution in [3.63, 3.8) is 0 Å². The van der Waals surface area contributed by atoms with Gasteiger partial charge in [0.25, 0.3) is 5.91 Å². The van der Waals surface area contributed by atoms with Crippen molar-refractivity contribution in [1.29, 1.82) is 0 Å². The normalized spacial score (nSPS) is 11.6. The van der Waals surface area contributed by atoms with E-state index < -0.39 is 6.04 Å². The predicted octanol–water partition coefficient (Wildman–Crippen LogP) is 3.02. The van der Waals surface area contributed by atoms with Gasteiger partial charge in [-0.1, -0.05) is 12.1 Å². The molecule has 7 heteroatoms. The van der Waals surface area contributed by atoms with Crippen molar-refractivity contribution in [2.45, 2.75) is 25.8 Å². The molecule has 1 atom stereocenters. The van der Waals surface area contributed by atoms with Crippen molar-refractivity contribution < 1.29 is 18.7 Å². The third-order valence-corrected chi connectivity index (χ3v) is 4.50. The number of furan rings is 1. The highest BCUT2D eigenvalue weighted by Crippen LogP contribution is 2.12. The van der Waals surface area contributed by atoms with Crippen LogP contribution in [0.4, 0.5) is 0 Å². The van der Waals surface area contributed by atoms with E-state index in [1.54, 1.807) is 23.9 Å². The second kappa shape index (κ2) is 11.3. The van der Waals surface area contributed by atoms with Crippen LogP contribution in [-0.4, -0.2) is 43.0 Å². The molecule has 2 amide bonds. The SMILES string of the molecule is CSCCC(NC(=O)c1ccco1)C(=O)NCCCOc1cccc(C)c1. The number of ether oxygens (including phenoxy) is 1. The molecule has 0 fully saturated rings. The summed E-state index contributed by atoms with van der Waals surface area (Å²) in [6, 6.07) is 10.5.